The number of carbonyl (C=O) groups is 1. The number of amides is 1. The minimum atomic E-state index is -0.532. The fraction of sp³-hybridized carbons (Fsp3) is 0.478. The van der Waals surface area contributed by atoms with Crippen LogP contribution in [-0.4, -0.2) is 59.8 Å². The molecular formula is C23H27N5O4. The Labute approximate surface area is 186 Å². The van der Waals surface area contributed by atoms with Crippen LogP contribution in [0.3, 0.4) is 0 Å². The summed E-state index contributed by atoms with van der Waals surface area (Å²) in [6, 6.07) is 7.24. The van der Waals surface area contributed by atoms with E-state index in [1.54, 1.807) is 18.3 Å². The fourth-order valence-electron chi connectivity index (χ4n) is 4.21. The van der Waals surface area contributed by atoms with Crippen molar-refractivity contribution in [3.05, 3.63) is 45.9 Å². The molecule has 2 aromatic heterocycles. The van der Waals surface area contributed by atoms with Crippen molar-refractivity contribution in [1.29, 1.82) is 5.26 Å². The third kappa shape index (κ3) is 4.66. The highest BCUT2D eigenvalue weighted by molar-refractivity contribution is 6.02. The number of rotatable bonds is 5. The molecule has 1 N–H and O–H groups in total. The molecule has 2 saturated heterocycles. The van der Waals surface area contributed by atoms with Crippen LogP contribution in [0.2, 0.25) is 0 Å². The van der Waals surface area contributed by atoms with Crippen molar-refractivity contribution in [2.24, 2.45) is 0 Å². The van der Waals surface area contributed by atoms with E-state index in [1.807, 2.05) is 30.9 Å². The van der Waals surface area contributed by atoms with Crippen molar-refractivity contribution < 1.29 is 14.3 Å². The Bertz CT molecular complexity index is 1120. The highest BCUT2D eigenvalue weighted by atomic mass is 16.5. The molecule has 2 aliphatic heterocycles. The van der Waals surface area contributed by atoms with Crippen LogP contribution in [-0.2, 0) is 14.3 Å². The normalized spacial score (nSPS) is 23.8. The molecule has 0 aliphatic carbocycles. The van der Waals surface area contributed by atoms with E-state index in [2.05, 4.69) is 5.32 Å². The minimum absolute atomic E-state index is 0.0428. The van der Waals surface area contributed by atoms with Gasteiger partial charge in [-0.15, -0.1) is 0 Å². The van der Waals surface area contributed by atoms with E-state index >= 15 is 0 Å². The molecule has 0 radical (unpaired) electrons. The van der Waals surface area contributed by atoms with Crippen molar-refractivity contribution in [1.82, 2.24) is 14.7 Å². The van der Waals surface area contributed by atoms with Gasteiger partial charge >= 0.3 is 0 Å². The van der Waals surface area contributed by atoms with Crippen molar-refractivity contribution in [3.8, 4) is 6.07 Å². The lowest BCUT2D eigenvalue weighted by atomic mass is 10.1. The van der Waals surface area contributed by atoms with Gasteiger partial charge in [0.05, 0.1) is 23.9 Å². The Hall–Kier alpha value is -3.22. The molecule has 4 heterocycles. The highest BCUT2D eigenvalue weighted by Crippen LogP contribution is 2.23. The summed E-state index contributed by atoms with van der Waals surface area (Å²) in [6.07, 6.45) is 4.67. The average Bonchev–Trinajstić information content (AvgIpc) is 3.30. The largest absolute Gasteiger partial charge is 0.376 e. The molecule has 4 rings (SSSR count). The maximum atomic E-state index is 13.4. The first kappa shape index (κ1) is 22.0. The quantitative estimate of drug-likeness (QED) is 0.558. The molecule has 3 unspecified atom stereocenters. The van der Waals surface area contributed by atoms with Gasteiger partial charge in [0, 0.05) is 32.4 Å². The van der Waals surface area contributed by atoms with Crippen LogP contribution in [0.1, 0.15) is 32.3 Å². The smallest absolute Gasteiger partial charge is 0.267 e. The first-order chi connectivity index (χ1) is 15.5. The summed E-state index contributed by atoms with van der Waals surface area (Å²) in [4.78, 5) is 32.7. The molecule has 2 aromatic rings. The Kier molecular flexibility index (Phi) is 6.53. The van der Waals surface area contributed by atoms with Gasteiger partial charge in [0.1, 0.15) is 23.1 Å². The SMILES string of the molecule is CC1CN(c2nc3ccccn3c(=O)c2/C=C(\C#N)C(=O)NCC2CCCO2)CC(C)O1. The standard InChI is InChI=1S/C23H27N5O4/c1-15-13-27(14-16(2)32-15)21-19(23(30)28-8-4-3-7-20(28)26-21)10-17(11-24)22(29)25-12-18-6-5-9-31-18/h3-4,7-8,10,15-16,18H,5-6,9,12-14H2,1-2H3,(H,25,29)/b17-10+. The van der Waals surface area contributed by atoms with Crippen LogP contribution in [0.25, 0.3) is 11.7 Å². The number of nitrogens with zero attached hydrogens (tertiary/aromatic N) is 4. The van der Waals surface area contributed by atoms with E-state index in [4.69, 9.17) is 14.5 Å². The van der Waals surface area contributed by atoms with Crippen molar-refractivity contribution in [3.63, 3.8) is 0 Å². The summed E-state index contributed by atoms with van der Waals surface area (Å²) in [5.74, 6) is -0.0851. The summed E-state index contributed by atoms with van der Waals surface area (Å²) in [5.41, 5.74) is 0.224. The second kappa shape index (κ2) is 9.51. The van der Waals surface area contributed by atoms with Gasteiger partial charge in [-0.3, -0.25) is 14.0 Å². The van der Waals surface area contributed by atoms with E-state index in [0.717, 1.165) is 12.8 Å². The van der Waals surface area contributed by atoms with Crippen LogP contribution in [0.15, 0.2) is 34.8 Å². The predicted octanol–water partition coefficient (Wildman–Crippen LogP) is 1.51. The first-order valence-corrected chi connectivity index (χ1v) is 10.9. The van der Waals surface area contributed by atoms with Gasteiger partial charge in [-0.25, -0.2) is 4.98 Å². The molecule has 3 atom stereocenters. The molecule has 1 amide bonds. The van der Waals surface area contributed by atoms with Crippen LogP contribution in [0.4, 0.5) is 5.82 Å². The van der Waals surface area contributed by atoms with E-state index in [1.165, 1.54) is 10.5 Å². The molecule has 2 aliphatic rings. The van der Waals surface area contributed by atoms with Crippen LogP contribution >= 0.6 is 0 Å². The maximum absolute atomic E-state index is 13.4. The number of anilines is 1. The van der Waals surface area contributed by atoms with E-state index in [0.29, 0.717) is 37.7 Å². The number of hydrogen-bond acceptors (Lipinski definition) is 7. The summed E-state index contributed by atoms with van der Waals surface area (Å²) in [6.45, 7) is 6.04. The predicted molar refractivity (Wildman–Crippen MR) is 119 cm³/mol. The minimum Gasteiger partial charge on any atom is -0.376 e. The molecule has 168 valence electrons. The zero-order valence-corrected chi connectivity index (χ0v) is 18.3. The molecule has 2 fully saturated rings. The van der Waals surface area contributed by atoms with Crippen molar-refractivity contribution in [2.75, 3.05) is 31.1 Å². The van der Waals surface area contributed by atoms with Gasteiger partial charge in [0.2, 0.25) is 0 Å². The molecule has 0 saturated carbocycles. The Morgan fingerprint density at radius 3 is 2.81 bits per heavy atom. The summed E-state index contributed by atoms with van der Waals surface area (Å²) in [7, 11) is 0. The Balaban J connectivity index is 1.73. The second-order valence-corrected chi connectivity index (χ2v) is 8.26. The van der Waals surface area contributed by atoms with E-state index in [-0.39, 0.29) is 35.0 Å². The third-order valence-corrected chi connectivity index (χ3v) is 5.64. The van der Waals surface area contributed by atoms with Gasteiger partial charge < -0.3 is 19.7 Å². The molecule has 9 nitrogen and oxygen atoms in total. The summed E-state index contributed by atoms with van der Waals surface area (Å²) < 4.78 is 12.8. The molecule has 0 spiro atoms. The van der Waals surface area contributed by atoms with Gasteiger partial charge in [0.15, 0.2) is 0 Å². The molecule has 32 heavy (non-hydrogen) atoms. The maximum Gasteiger partial charge on any atom is 0.267 e. The number of hydrogen-bond donors (Lipinski definition) is 1. The zero-order valence-electron chi connectivity index (χ0n) is 18.3. The Morgan fingerprint density at radius 2 is 2.12 bits per heavy atom. The lowest BCUT2D eigenvalue weighted by Crippen LogP contribution is -2.46. The number of ether oxygens (including phenoxy) is 2. The number of fused-ring (bicyclic) bond motifs is 1. The summed E-state index contributed by atoms with van der Waals surface area (Å²) >= 11 is 0. The highest BCUT2D eigenvalue weighted by Gasteiger charge is 2.27. The van der Waals surface area contributed by atoms with Crippen LogP contribution < -0.4 is 15.8 Å². The lowest BCUT2D eigenvalue weighted by Gasteiger charge is -2.36. The van der Waals surface area contributed by atoms with E-state index in [9.17, 15) is 14.9 Å². The van der Waals surface area contributed by atoms with Crippen LogP contribution in [0, 0.1) is 11.3 Å². The Morgan fingerprint density at radius 1 is 1.34 bits per heavy atom. The lowest BCUT2D eigenvalue weighted by molar-refractivity contribution is -0.117. The van der Waals surface area contributed by atoms with Crippen LogP contribution in [0.5, 0.6) is 0 Å². The van der Waals surface area contributed by atoms with E-state index < -0.39 is 5.91 Å². The first-order valence-electron chi connectivity index (χ1n) is 10.9. The number of morpholine rings is 1. The number of aromatic nitrogens is 2. The topological polar surface area (TPSA) is 109 Å². The average molecular weight is 438 g/mol. The fourth-order valence-corrected chi connectivity index (χ4v) is 4.21. The zero-order chi connectivity index (χ0) is 22.7. The number of carbonyl (C=O) groups excluding carboxylic acids is 1. The molecule has 0 bridgehead atoms. The number of nitrogens with one attached hydrogen (secondary N) is 1. The monoisotopic (exact) mass is 437 g/mol. The molecule has 0 aromatic carbocycles. The van der Waals surface area contributed by atoms with Gasteiger partial charge in [0.25, 0.3) is 11.5 Å². The molecule has 9 heteroatoms. The van der Waals surface area contributed by atoms with Gasteiger partial charge in [-0.2, -0.15) is 5.26 Å². The van der Waals surface area contributed by atoms with Crippen molar-refractivity contribution >= 4 is 23.4 Å². The van der Waals surface area contributed by atoms with Gasteiger partial charge in [-0.1, -0.05) is 6.07 Å². The second-order valence-electron chi connectivity index (χ2n) is 8.26. The number of nitriles is 1. The summed E-state index contributed by atoms with van der Waals surface area (Å²) in [5, 5.41) is 12.4. The number of pyridine rings is 1. The van der Waals surface area contributed by atoms with Gasteiger partial charge in [-0.05, 0) is 44.9 Å². The third-order valence-electron chi connectivity index (χ3n) is 5.64. The molecular weight excluding hydrogens is 410 g/mol. The van der Waals surface area contributed by atoms with Crippen molar-refractivity contribution in [2.45, 2.75) is 45.0 Å².